The maximum Gasteiger partial charge on any atom is 0.262 e. The predicted octanol–water partition coefficient (Wildman–Crippen LogP) is 5.90. The molecule has 0 spiro atoms. The van der Waals surface area contributed by atoms with Crippen LogP contribution in [0.15, 0.2) is 11.9 Å². The molecule has 6 nitrogen and oxygen atoms in total. The van der Waals surface area contributed by atoms with Crippen molar-refractivity contribution in [2.75, 3.05) is 20.1 Å². The van der Waals surface area contributed by atoms with Crippen molar-refractivity contribution < 1.29 is 23.7 Å². The van der Waals surface area contributed by atoms with Crippen molar-refractivity contribution in [1.29, 1.82) is 0 Å². The van der Waals surface area contributed by atoms with E-state index in [-0.39, 0.29) is 0 Å². The quantitative estimate of drug-likeness (QED) is 0.234. The van der Waals surface area contributed by atoms with E-state index in [2.05, 4.69) is 52.8 Å². The molecule has 31 heavy (non-hydrogen) atoms. The molecule has 0 amide bonds. The lowest BCUT2D eigenvalue weighted by molar-refractivity contribution is -0.919. The number of nitrogens with zero attached hydrogens (tertiary/aromatic N) is 2. The van der Waals surface area contributed by atoms with Crippen LogP contribution in [0.5, 0.6) is 0 Å². The third kappa shape index (κ3) is 10.4. The SMILES string of the molecule is CCCCC1=C[N+](C)(CCCC)C(CCCC)(CCCC)N1CCCC.O=P([O-])(O)O. The van der Waals surface area contributed by atoms with Crippen LogP contribution in [0.3, 0.4) is 0 Å². The van der Waals surface area contributed by atoms with Gasteiger partial charge in [-0.1, -0.05) is 66.7 Å². The van der Waals surface area contributed by atoms with Crippen LogP contribution in [-0.2, 0) is 4.57 Å². The number of rotatable bonds is 15. The molecule has 1 atom stereocenters. The molecule has 0 saturated carbocycles. The van der Waals surface area contributed by atoms with Gasteiger partial charge in [0, 0.05) is 19.4 Å². The summed E-state index contributed by atoms with van der Waals surface area (Å²) < 4.78 is 9.94. The van der Waals surface area contributed by atoms with Crippen molar-refractivity contribution in [3.63, 3.8) is 0 Å². The van der Waals surface area contributed by atoms with E-state index in [1.807, 2.05) is 0 Å². The Bertz CT molecular complexity index is 533. The van der Waals surface area contributed by atoms with E-state index in [0.717, 1.165) is 0 Å². The second-order valence-corrected chi connectivity index (χ2v) is 10.2. The maximum absolute atomic E-state index is 8.77. The summed E-state index contributed by atoms with van der Waals surface area (Å²) in [5.41, 5.74) is 1.99. The Balaban J connectivity index is 0.00000161. The second kappa shape index (κ2) is 15.4. The summed E-state index contributed by atoms with van der Waals surface area (Å²) in [5, 5.41) is 0. The van der Waals surface area contributed by atoms with Crippen LogP contribution in [0.2, 0.25) is 0 Å². The summed E-state index contributed by atoms with van der Waals surface area (Å²) in [7, 11) is -2.33. The van der Waals surface area contributed by atoms with Gasteiger partial charge in [0.2, 0.25) is 0 Å². The van der Waals surface area contributed by atoms with Crippen molar-refractivity contribution in [3.8, 4) is 0 Å². The smallest absolute Gasteiger partial charge is 0.262 e. The van der Waals surface area contributed by atoms with Crippen LogP contribution in [-0.4, -0.2) is 45.0 Å². The minimum atomic E-state index is -4.89. The summed E-state index contributed by atoms with van der Waals surface area (Å²) in [6.45, 7) is 14.3. The van der Waals surface area contributed by atoms with Crippen LogP contribution in [0.25, 0.3) is 0 Å². The van der Waals surface area contributed by atoms with Gasteiger partial charge in [0.25, 0.3) is 7.82 Å². The van der Waals surface area contributed by atoms with E-state index in [1.54, 1.807) is 5.70 Å². The molecule has 1 aliphatic rings. The molecular weight excluding hydrogens is 411 g/mol. The Hall–Kier alpha value is -0.390. The topological polar surface area (TPSA) is 83.8 Å². The Labute approximate surface area is 192 Å². The predicted molar refractivity (Wildman–Crippen MR) is 129 cm³/mol. The molecule has 0 aromatic rings. The van der Waals surface area contributed by atoms with Gasteiger partial charge in [0.05, 0.1) is 19.3 Å². The van der Waals surface area contributed by atoms with Crippen molar-refractivity contribution in [1.82, 2.24) is 4.90 Å². The summed E-state index contributed by atoms with van der Waals surface area (Å²) in [6.07, 6.45) is 20.0. The molecule has 186 valence electrons. The zero-order valence-corrected chi connectivity index (χ0v) is 22.1. The average Bonchev–Trinajstić information content (AvgIpc) is 2.92. The third-order valence-electron chi connectivity index (χ3n) is 6.59. The number of quaternary nitrogens is 1. The van der Waals surface area contributed by atoms with Gasteiger partial charge in [-0.3, -0.25) is 9.05 Å². The van der Waals surface area contributed by atoms with Gasteiger partial charge in [-0.2, -0.15) is 0 Å². The number of allylic oxidation sites excluding steroid dienone is 1. The van der Waals surface area contributed by atoms with E-state index in [9.17, 15) is 0 Å². The second-order valence-electron chi connectivity index (χ2n) is 9.25. The number of hydrogen-bond acceptors (Lipinski definition) is 3. The summed E-state index contributed by atoms with van der Waals surface area (Å²) in [6, 6.07) is 0. The summed E-state index contributed by atoms with van der Waals surface area (Å²) >= 11 is 0. The fraction of sp³-hybridized carbons (Fsp3) is 0.917. The molecule has 0 fully saturated rings. The van der Waals surface area contributed by atoms with E-state index in [0.29, 0.717) is 5.66 Å². The molecule has 0 aliphatic carbocycles. The number of unbranched alkanes of at least 4 members (excludes halogenated alkanes) is 5. The van der Waals surface area contributed by atoms with Gasteiger partial charge < -0.3 is 19.6 Å². The molecule has 0 saturated heterocycles. The van der Waals surface area contributed by atoms with E-state index < -0.39 is 7.82 Å². The lowest BCUT2D eigenvalue weighted by Crippen LogP contribution is -2.63. The van der Waals surface area contributed by atoms with Gasteiger partial charge in [-0.25, -0.2) is 0 Å². The van der Waals surface area contributed by atoms with Gasteiger partial charge in [0.1, 0.15) is 6.20 Å². The van der Waals surface area contributed by atoms with Gasteiger partial charge in [0.15, 0.2) is 5.66 Å². The maximum atomic E-state index is 8.77. The van der Waals surface area contributed by atoms with E-state index in [4.69, 9.17) is 19.2 Å². The summed E-state index contributed by atoms with van der Waals surface area (Å²) in [5.74, 6) is 0. The Morgan fingerprint density at radius 3 is 1.77 bits per heavy atom. The Morgan fingerprint density at radius 2 is 1.35 bits per heavy atom. The number of hydrogen-bond donors (Lipinski definition) is 2. The Morgan fingerprint density at radius 1 is 0.903 bits per heavy atom. The molecular formula is C24H51N2O4P. The van der Waals surface area contributed by atoms with Crippen molar-refractivity contribution in [2.24, 2.45) is 0 Å². The van der Waals surface area contributed by atoms with E-state index >= 15 is 0 Å². The van der Waals surface area contributed by atoms with Gasteiger partial charge in [-0.15, -0.1) is 0 Å². The fourth-order valence-electron chi connectivity index (χ4n) is 4.87. The minimum Gasteiger partial charge on any atom is -0.756 e. The minimum absolute atomic E-state index is 0.319. The molecule has 0 aromatic heterocycles. The molecule has 7 heteroatoms. The first-order chi connectivity index (χ1) is 14.5. The van der Waals surface area contributed by atoms with Crippen LogP contribution >= 0.6 is 7.82 Å². The first kappa shape index (κ1) is 30.6. The Kier molecular flexibility index (Phi) is 15.3. The van der Waals surface area contributed by atoms with Crippen molar-refractivity contribution in [3.05, 3.63) is 11.9 Å². The standard InChI is InChI=1S/C24H49N2.H3O4P/c1-7-12-17-23-22-26(6,21-16-11-5)24(18-13-8-2,19-14-9-3)25(23)20-15-10-4;1-5(2,3)4/h22H,7-21H2,1-6H3;(H3,1,2,3,4)/q+1;/p-1. The fourth-order valence-corrected chi connectivity index (χ4v) is 4.87. The van der Waals surface area contributed by atoms with Crippen molar-refractivity contribution in [2.45, 2.75) is 124 Å². The largest absolute Gasteiger partial charge is 0.756 e. The molecule has 2 N–H and O–H groups in total. The van der Waals surface area contributed by atoms with Gasteiger partial charge in [-0.05, 0) is 38.5 Å². The highest BCUT2D eigenvalue weighted by Crippen LogP contribution is 2.46. The third-order valence-corrected chi connectivity index (χ3v) is 6.59. The monoisotopic (exact) mass is 462 g/mol. The normalized spacial score (nSPS) is 20.4. The first-order valence-electron chi connectivity index (χ1n) is 12.7. The van der Waals surface area contributed by atoms with Crippen LogP contribution in [0.1, 0.15) is 118 Å². The molecule has 0 aromatic carbocycles. The van der Waals surface area contributed by atoms with Crippen LogP contribution < -0.4 is 4.89 Å². The van der Waals surface area contributed by atoms with Gasteiger partial charge >= 0.3 is 0 Å². The first-order valence-corrected chi connectivity index (χ1v) is 14.2. The molecule has 0 radical (unpaired) electrons. The van der Waals surface area contributed by atoms with Crippen LogP contribution in [0, 0.1) is 0 Å². The zero-order valence-electron chi connectivity index (χ0n) is 21.2. The highest BCUT2D eigenvalue weighted by atomic mass is 31.2. The molecule has 1 heterocycles. The molecule has 1 rings (SSSR count). The van der Waals surface area contributed by atoms with Crippen LogP contribution in [0.4, 0.5) is 0 Å². The molecule has 1 unspecified atom stereocenters. The number of phosphoric acid groups is 1. The zero-order chi connectivity index (χ0) is 24.0. The highest BCUT2D eigenvalue weighted by molar-refractivity contribution is 7.43. The summed E-state index contributed by atoms with van der Waals surface area (Å²) in [4.78, 5) is 25.8. The van der Waals surface area contributed by atoms with Crippen molar-refractivity contribution >= 4 is 7.82 Å². The average molecular weight is 463 g/mol. The lowest BCUT2D eigenvalue weighted by Gasteiger charge is -2.50. The molecule has 0 bridgehead atoms. The highest BCUT2D eigenvalue weighted by Gasteiger charge is 2.55. The van der Waals surface area contributed by atoms with E-state index in [1.165, 1.54) is 101 Å². The lowest BCUT2D eigenvalue weighted by atomic mass is 9.90. The molecule has 1 aliphatic heterocycles.